The molecule has 5 nitrogen and oxygen atoms in total. The lowest BCUT2D eigenvalue weighted by Crippen LogP contribution is -2.55. The van der Waals surface area contributed by atoms with Gasteiger partial charge in [0.25, 0.3) is 0 Å². The van der Waals surface area contributed by atoms with E-state index in [4.69, 9.17) is 15.7 Å². The molecule has 90 valence electrons. The van der Waals surface area contributed by atoms with Crippen molar-refractivity contribution in [1.82, 2.24) is 4.90 Å². The summed E-state index contributed by atoms with van der Waals surface area (Å²) >= 11 is 0. The van der Waals surface area contributed by atoms with Gasteiger partial charge in [-0.1, -0.05) is 0 Å². The largest absolute Gasteiger partial charge is 0.444 e. The number of nitrogens with two attached hydrogens (primary N) is 1. The number of amides is 1. The Kier molecular flexibility index (Phi) is 3.44. The molecule has 0 saturated carbocycles. The molecule has 1 aliphatic heterocycles. The average Bonchev–Trinajstić information content (AvgIpc) is 2.15. The van der Waals surface area contributed by atoms with E-state index in [1.54, 1.807) is 0 Å². The van der Waals surface area contributed by atoms with Crippen molar-refractivity contribution in [2.24, 2.45) is 5.73 Å². The van der Waals surface area contributed by atoms with Crippen LogP contribution >= 0.6 is 0 Å². The van der Waals surface area contributed by atoms with Gasteiger partial charge in [0.15, 0.2) is 0 Å². The summed E-state index contributed by atoms with van der Waals surface area (Å²) in [6.07, 6.45) is 0.976. The number of hydrogen-bond donors (Lipinski definition) is 1. The van der Waals surface area contributed by atoms with Gasteiger partial charge in [0.1, 0.15) is 11.1 Å². The summed E-state index contributed by atoms with van der Waals surface area (Å²) in [5, 5.41) is 8.93. The lowest BCUT2D eigenvalue weighted by molar-refractivity contribution is 0.0172. The Hall–Kier alpha value is -1.28. The van der Waals surface area contributed by atoms with E-state index >= 15 is 0 Å². The summed E-state index contributed by atoms with van der Waals surface area (Å²) in [5.41, 5.74) is 4.40. The Labute approximate surface area is 96.2 Å². The van der Waals surface area contributed by atoms with Crippen LogP contribution in [-0.4, -0.2) is 35.2 Å². The summed E-state index contributed by atoms with van der Waals surface area (Å²) in [6.45, 7) is 6.30. The number of piperidine rings is 1. The minimum atomic E-state index is -0.921. The zero-order valence-corrected chi connectivity index (χ0v) is 10.1. The molecule has 0 bridgehead atoms. The number of hydrogen-bond acceptors (Lipinski definition) is 4. The molecule has 1 rings (SSSR count). The van der Waals surface area contributed by atoms with E-state index in [-0.39, 0.29) is 6.54 Å². The number of nitriles is 1. The standard InChI is InChI=1S/C11H19N3O2/c1-10(2,3)16-9(15)14-6-4-5-11(13,7-12)8-14/h4-6,8,13H2,1-3H3/t11-/m1/s1. The van der Waals surface area contributed by atoms with Crippen LogP contribution < -0.4 is 5.73 Å². The molecule has 2 N–H and O–H groups in total. The van der Waals surface area contributed by atoms with Crippen LogP contribution in [0.2, 0.25) is 0 Å². The van der Waals surface area contributed by atoms with Crippen molar-refractivity contribution < 1.29 is 9.53 Å². The van der Waals surface area contributed by atoms with Crippen molar-refractivity contribution in [1.29, 1.82) is 5.26 Å². The number of rotatable bonds is 0. The molecule has 0 aromatic carbocycles. The Balaban J connectivity index is 2.62. The molecule has 5 heteroatoms. The molecule has 0 aliphatic carbocycles. The lowest BCUT2D eigenvalue weighted by atomic mass is 9.92. The van der Waals surface area contributed by atoms with Gasteiger partial charge in [0.2, 0.25) is 0 Å². The second-order valence-corrected chi connectivity index (χ2v) is 5.27. The Morgan fingerprint density at radius 3 is 2.69 bits per heavy atom. The van der Waals surface area contributed by atoms with Crippen LogP contribution in [0.3, 0.4) is 0 Å². The zero-order chi connectivity index (χ0) is 12.4. The third-order valence-electron chi connectivity index (χ3n) is 2.40. The van der Waals surface area contributed by atoms with Crippen molar-refractivity contribution >= 4 is 6.09 Å². The predicted octanol–water partition coefficient (Wildman–Crippen LogP) is 1.24. The van der Waals surface area contributed by atoms with Crippen LogP contribution in [0.1, 0.15) is 33.6 Å². The van der Waals surface area contributed by atoms with Crippen molar-refractivity contribution in [2.75, 3.05) is 13.1 Å². The average molecular weight is 225 g/mol. The highest BCUT2D eigenvalue weighted by atomic mass is 16.6. The first-order valence-corrected chi connectivity index (χ1v) is 5.44. The van der Waals surface area contributed by atoms with E-state index in [2.05, 4.69) is 6.07 Å². The van der Waals surface area contributed by atoms with Gasteiger partial charge < -0.3 is 15.4 Å². The van der Waals surface area contributed by atoms with Crippen molar-refractivity contribution in [3.05, 3.63) is 0 Å². The molecule has 1 atom stereocenters. The van der Waals surface area contributed by atoms with Gasteiger partial charge in [-0.2, -0.15) is 5.26 Å². The summed E-state index contributed by atoms with van der Waals surface area (Å²) < 4.78 is 5.24. The second-order valence-electron chi connectivity index (χ2n) is 5.27. The maximum Gasteiger partial charge on any atom is 0.410 e. The first kappa shape index (κ1) is 12.8. The van der Waals surface area contributed by atoms with Gasteiger partial charge in [0.05, 0.1) is 12.6 Å². The minimum absolute atomic E-state index is 0.248. The van der Waals surface area contributed by atoms with E-state index in [1.165, 1.54) is 4.90 Å². The first-order valence-electron chi connectivity index (χ1n) is 5.44. The van der Waals surface area contributed by atoms with Crippen LogP contribution in [0.25, 0.3) is 0 Å². The maximum atomic E-state index is 11.8. The zero-order valence-electron chi connectivity index (χ0n) is 10.1. The number of ether oxygens (including phenoxy) is 1. The Morgan fingerprint density at radius 2 is 2.19 bits per heavy atom. The monoisotopic (exact) mass is 225 g/mol. The maximum absolute atomic E-state index is 11.8. The van der Waals surface area contributed by atoms with Crippen molar-refractivity contribution in [2.45, 2.75) is 44.8 Å². The van der Waals surface area contributed by atoms with Crippen LogP contribution in [-0.2, 0) is 4.74 Å². The van der Waals surface area contributed by atoms with Crippen LogP contribution in [0.5, 0.6) is 0 Å². The van der Waals surface area contributed by atoms with Crippen LogP contribution in [0.4, 0.5) is 4.79 Å². The summed E-state index contributed by atoms with van der Waals surface area (Å²) in [6, 6.07) is 2.06. The molecule has 0 spiro atoms. The molecule has 1 aliphatic rings. The summed E-state index contributed by atoms with van der Waals surface area (Å²) in [4.78, 5) is 13.3. The van der Waals surface area contributed by atoms with Crippen molar-refractivity contribution in [3.8, 4) is 6.07 Å². The van der Waals surface area contributed by atoms with Gasteiger partial charge in [-0.3, -0.25) is 0 Å². The number of carbonyl (C=O) groups is 1. The third-order valence-corrected chi connectivity index (χ3v) is 2.40. The second kappa shape index (κ2) is 4.30. The SMILES string of the molecule is CC(C)(C)OC(=O)N1CCC[C@@](N)(C#N)C1. The highest BCUT2D eigenvalue weighted by Crippen LogP contribution is 2.20. The van der Waals surface area contributed by atoms with Gasteiger partial charge in [-0.25, -0.2) is 4.79 Å². The highest BCUT2D eigenvalue weighted by Gasteiger charge is 2.35. The van der Waals surface area contributed by atoms with E-state index < -0.39 is 17.2 Å². The molecule has 16 heavy (non-hydrogen) atoms. The molecule has 1 fully saturated rings. The van der Waals surface area contributed by atoms with Gasteiger partial charge in [-0.05, 0) is 33.6 Å². The van der Waals surface area contributed by atoms with Crippen molar-refractivity contribution in [3.63, 3.8) is 0 Å². The smallest absolute Gasteiger partial charge is 0.410 e. The molecule has 1 amide bonds. The first-order chi connectivity index (χ1) is 7.26. The molecule has 0 aromatic rings. The fourth-order valence-corrected chi connectivity index (χ4v) is 1.66. The van der Waals surface area contributed by atoms with E-state index in [0.29, 0.717) is 13.0 Å². The number of nitrogens with zero attached hydrogens (tertiary/aromatic N) is 2. The van der Waals surface area contributed by atoms with Gasteiger partial charge >= 0.3 is 6.09 Å². The topological polar surface area (TPSA) is 79.3 Å². The third kappa shape index (κ3) is 3.38. The summed E-state index contributed by atoms with van der Waals surface area (Å²) in [7, 11) is 0. The molecule has 0 aromatic heterocycles. The van der Waals surface area contributed by atoms with Crippen LogP contribution in [0, 0.1) is 11.3 Å². The van der Waals surface area contributed by atoms with Crippen LogP contribution in [0.15, 0.2) is 0 Å². The fraction of sp³-hybridized carbons (Fsp3) is 0.818. The molecule has 0 radical (unpaired) electrons. The quantitative estimate of drug-likeness (QED) is 0.672. The lowest BCUT2D eigenvalue weighted by Gasteiger charge is -2.36. The van der Waals surface area contributed by atoms with Gasteiger partial charge in [-0.15, -0.1) is 0 Å². The molecular weight excluding hydrogens is 206 g/mol. The molecular formula is C11H19N3O2. The Bertz CT molecular complexity index is 316. The predicted molar refractivity (Wildman–Crippen MR) is 59.6 cm³/mol. The molecule has 1 heterocycles. The fourth-order valence-electron chi connectivity index (χ4n) is 1.66. The number of carbonyl (C=O) groups excluding carboxylic acids is 1. The van der Waals surface area contributed by atoms with E-state index in [9.17, 15) is 4.79 Å². The highest BCUT2D eigenvalue weighted by molar-refractivity contribution is 5.68. The number of likely N-dealkylation sites (tertiary alicyclic amines) is 1. The minimum Gasteiger partial charge on any atom is -0.444 e. The normalized spacial score (nSPS) is 26.1. The molecule has 0 unspecified atom stereocenters. The van der Waals surface area contributed by atoms with E-state index in [0.717, 1.165) is 6.42 Å². The van der Waals surface area contributed by atoms with Gasteiger partial charge in [0, 0.05) is 6.54 Å². The van der Waals surface area contributed by atoms with E-state index in [1.807, 2.05) is 20.8 Å². The Morgan fingerprint density at radius 1 is 1.56 bits per heavy atom. The molecule has 1 saturated heterocycles. The summed E-state index contributed by atoms with van der Waals surface area (Å²) in [5.74, 6) is 0.